The number of aliphatic hydroxyl groups excluding tert-OH is 1. The van der Waals surface area contributed by atoms with Gasteiger partial charge in [-0.05, 0) is 86.4 Å². The van der Waals surface area contributed by atoms with Gasteiger partial charge in [0.2, 0.25) is 0 Å². The molecular weight excluding hydrogens is 440 g/mol. The van der Waals surface area contributed by atoms with E-state index in [-0.39, 0.29) is 39.5 Å². The Labute approximate surface area is 211 Å². The van der Waals surface area contributed by atoms with Crippen LogP contribution < -0.4 is 0 Å². The van der Waals surface area contributed by atoms with E-state index < -0.39 is 17.8 Å². The molecule has 196 valence electrons. The van der Waals surface area contributed by atoms with Gasteiger partial charge in [0.1, 0.15) is 18.0 Å². The first-order chi connectivity index (χ1) is 16.1. The number of carbonyl (C=O) groups excluding carboxylic acids is 2. The number of ether oxygens (including phenoxy) is 1. The molecule has 5 nitrogen and oxygen atoms in total. The van der Waals surface area contributed by atoms with Crippen LogP contribution in [0.15, 0.2) is 11.6 Å². The van der Waals surface area contributed by atoms with Crippen molar-refractivity contribution in [2.24, 2.45) is 45.3 Å². The van der Waals surface area contributed by atoms with Crippen LogP contribution in [0.3, 0.4) is 0 Å². The molecule has 5 heteroatoms. The van der Waals surface area contributed by atoms with Crippen molar-refractivity contribution >= 4 is 11.8 Å². The van der Waals surface area contributed by atoms with Gasteiger partial charge in [-0.1, -0.05) is 46.3 Å². The third-order valence-electron chi connectivity index (χ3n) is 12.3. The highest BCUT2D eigenvalue weighted by Gasteiger charge is 2.67. The Morgan fingerprint density at radius 2 is 1.74 bits per heavy atom. The monoisotopic (exact) mass is 486 g/mol. The number of rotatable bonds is 3. The smallest absolute Gasteiger partial charge is 0.309 e. The van der Waals surface area contributed by atoms with Crippen molar-refractivity contribution in [3.05, 3.63) is 11.6 Å². The predicted molar refractivity (Wildman–Crippen MR) is 134 cm³/mol. The summed E-state index contributed by atoms with van der Waals surface area (Å²) in [6, 6.07) is 0. The lowest BCUT2D eigenvalue weighted by Crippen LogP contribution is -2.57. The zero-order valence-electron chi connectivity index (χ0n) is 22.8. The van der Waals surface area contributed by atoms with Crippen LogP contribution in [0, 0.1) is 45.3 Å². The second kappa shape index (κ2) is 7.66. The van der Waals surface area contributed by atoms with Crippen LogP contribution >= 0.6 is 0 Å². The molecular formula is C30H46O5. The van der Waals surface area contributed by atoms with Gasteiger partial charge in [0.15, 0.2) is 0 Å². The van der Waals surface area contributed by atoms with E-state index in [9.17, 15) is 19.8 Å². The van der Waals surface area contributed by atoms with Gasteiger partial charge in [0, 0.05) is 18.3 Å². The lowest BCUT2D eigenvalue weighted by Gasteiger charge is -2.63. The maximum Gasteiger partial charge on any atom is 0.309 e. The van der Waals surface area contributed by atoms with Gasteiger partial charge >= 0.3 is 5.97 Å². The van der Waals surface area contributed by atoms with Crippen molar-refractivity contribution < 1.29 is 24.5 Å². The fourth-order valence-corrected chi connectivity index (χ4v) is 9.81. The number of esters is 1. The summed E-state index contributed by atoms with van der Waals surface area (Å²) in [6.45, 7) is 14.8. The SMILES string of the molecule is CC(C)(O)C(O)C1CC(C2CCC3(C)C4=CCC5C(C)(C)C(=O)CCC5(C)C4CCC23C)C(=O)O1. The van der Waals surface area contributed by atoms with Crippen LogP contribution in [0.1, 0.15) is 99.8 Å². The van der Waals surface area contributed by atoms with Crippen LogP contribution in [-0.4, -0.2) is 39.8 Å². The average molecular weight is 487 g/mol. The van der Waals surface area contributed by atoms with E-state index in [0.717, 1.165) is 38.5 Å². The number of allylic oxidation sites excluding steroid dienone is 2. The van der Waals surface area contributed by atoms with E-state index >= 15 is 0 Å². The summed E-state index contributed by atoms with van der Waals surface area (Å²) >= 11 is 0. The van der Waals surface area contributed by atoms with E-state index in [1.165, 1.54) is 0 Å². The molecule has 9 unspecified atom stereocenters. The summed E-state index contributed by atoms with van der Waals surface area (Å²) in [5.74, 6) is 1.12. The molecule has 1 aliphatic heterocycles. The molecule has 0 aromatic rings. The fourth-order valence-electron chi connectivity index (χ4n) is 9.81. The molecule has 0 aromatic carbocycles. The summed E-state index contributed by atoms with van der Waals surface area (Å²) < 4.78 is 5.66. The highest BCUT2D eigenvalue weighted by molar-refractivity contribution is 5.85. The van der Waals surface area contributed by atoms with Gasteiger partial charge in [0.25, 0.3) is 0 Å². The third-order valence-corrected chi connectivity index (χ3v) is 12.3. The number of hydrogen-bond donors (Lipinski definition) is 2. The largest absolute Gasteiger partial charge is 0.459 e. The molecule has 0 spiro atoms. The minimum atomic E-state index is -1.31. The Hall–Kier alpha value is -1.20. The minimum Gasteiger partial charge on any atom is -0.459 e. The Bertz CT molecular complexity index is 958. The molecule has 5 rings (SSSR count). The normalized spacial score (nSPS) is 47.9. The molecule has 3 saturated carbocycles. The Morgan fingerprint density at radius 3 is 2.40 bits per heavy atom. The van der Waals surface area contributed by atoms with E-state index in [4.69, 9.17) is 4.74 Å². The van der Waals surface area contributed by atoms with Gasteiger partial charge in [-0.3, -0.25) is 9.59 Å². The van der Waals surface area contributed by atoms with Crippen LogP contribution in [-0.2, 0) is 14.3 Å². The molecule has 0 radical (unpaired) electrons. The topological polar surface area (TPSA) is 83.8 Å². The van der Waals surface area contributed by atoms with Crippen molar-refractivity contribution in [2.45, 2.75) is 118 Å². The second-order valence-corrected chi connectivity index (χ2v) is 14.5. The van der Waals surface area contributed by atoms with Crippen LogP contribution in [0.4, 0.5) is 0 Å². The summed E-state index contributed by atoms with van der Waals surface area (Å²) in [4.78, 5) is 25.9. The molecule has 35 heavy (non-hydrogen) atoms. The lowest BCUT2D eigenvalue weighted by atomic mass is 9.41. The van der Waals surface area contributed by atoms with E-state index in [0.29, 0.717) is 30.5 Å². The maximum absolute atomic E-state index is 13.1. The zero-order chi connectivity index (χ0) is 25.8. The predicted octanol–water partition coefficient (Wildman–Crippen LogP) is 5.22. The molecule has 2 N–H and O–H groups in total. The van der Waals surface area contributed by atoms with E-state index in [2.05, 4.69) is 40.7 Å². The van der Waals surface area contributed by atoms with Crippen molar-refractivity contribution in [3.8, 4) is 0 Å². The summed E-state index contributed by atoms with van der Waals surface area (Å²) in [5, 5.41) is 20.9. The van der Waals surface area contributed by atoms with Gasteiger partial charge < -0.3 is 14.9 Å². The number of aliphatic hydroxyl groups is 2. The minimum absolute atomic E-state index is 0.00318. The molecule has 0 amide bonds. The molecule has 5 aliphatic rings. The van der Waals surface area contributed by atoms with Gasteiger partial charge in [-0.15, -0.1) is 0 Å². The summed E-state index contributed by atoms with van der Waals surface area (Å²) in [5.41, 5.74) is 0.207. The summed E-state index contributed by atoms with van der Waals surface area (Å²) in [6.07, 6.45) is 8.18. The van der Waals surface area contributed by atoms with Gasteiger partial charge in [-0.2, -0.15) is 0 Å². The standard InChI is InChI=1S/C30H46O5/c1-26(2)22-9-8-20-19(28(22,5)13-12-23(26)31)11-15-29(6)18(10-14-30(20,29)7)17-16-21(35-25(17)33)24(32)27(3,4)34/h8,17-19,21-22,24,32,34H,9-16H2,1-7H3. The number of fused-ring (bicyclic) bond motifs is 5. The van der Waals surface area contributed by atoms with Crippen molar-refractivity contribution in [2.75, 3.05) is 0 Å². The second-order valence-electron chi connectivity index (χ2n) is 14.5. The highest BCUT2D eigenvalue weighted by Crippen LogP contribution is 2.73. The van der Waals surface area contributed by atoms with Gasteiger partial charge in [0.05, 0.1) is 11.5 Å². The van der Waals surface area contributed by atoms with E-state index in [1.807, 2.05) is 0 Å². The molecule has 1 heterocycles. The van der Waals surface area contributed by atoms with Crippen LogP contribution in [0.5, 0.6) is 0 Å². The number of hydrogen-bond acceptors (Lipinski definition) is 5. The lowest BCUT2D eigenvalue weighted by molar-refractivity contribution is -0.157. The Morgan fingerprint density at radius 1 is 1.06 bits per heavy atom. The quantitative estimate of drug-likeness (QED) is 0.422. The maximum atomic E-state index is 13.1. The number of carbonyl (C=O) groups is 2. The number of ketones is 1. The van der Waals surface area contributed by atoms with Crippen molar-refractivity contribution in [1.29, 1.82) is 0 Å². The zero-order valence-corrected chi connectivity index (χ0v) is 22.8. The molecule has 0 bridgehead atoms. The van der Waals surface area contributed by atoms with E-state index in [1.54, 1.807) is 19.4 Å². The first-order valence-electron chi connectivity index (χ1n) is 13.9. The highest BCUT2D eigenvalue weighted by atomic mass is 16.6. The molecule has 4 fully saturated rings. The Balaban J connectivity index is 1.45. The average Bonchev–Trinajstić information content (AvgIpc) is 3.26. The molecule has 0 aromatic heterocycles. The number of cyclic esters (lactones) is 1. The first-order valence-corrected chi connectivity index (χ1v) is 13.9. The van der Waals surface area contributed by atoms with Crippen LogP contribution in [0.2, 0.25) is 0 Å². The van der Waals surface area contributed by atoms with Crippen molar-refractivity contribution in [1.82, 2.24) is 0 Å². The molecule has 9 atom stereocenters. The number of Topliss-reactive ketones (excluding diaryl/α,β-unsaturated/α-hetero) is 1. The molecule has 4 aliphatic carbocycles. The first kappa shape index (κ1) is 25.4. The van der Waals surface area contributed by atoms with Crippen molar-refractivity contribution in [3.63, 3.8) is 0 Å². The Kier molecular flexibility index (Phi) is 5.57. The molecule has 1 saturated heterocycles. The fraction of sp³-hybridized carbons (Fsp3) is 0.867. The van der Waals surface area contributed by atoms with Gasteiger partial charge in [-0.25, -0.2) is 0 Å². The summed E-state index contributed by atoms with van der Waals surface area (Å²) in [7, 11) is 0. The third kappa shape index (κ3) is 3.32. The van der Waals surface area contributed by atoms with Crippen LogP contribution in [0.25, 0.3) is 0 Å².